The van der Waals surface area contributed by atoms with E-state index in [1.807, 2.05) is 30.3 Å². The van der Waals surface area contributed by atoms with Gasteiger partial charge in [-0.25, -0.2) is 4.79 Å². The number of hydrogen-bond donors (Lipinski definition) is 0. The van der Waals surface area contributed by atoms with Crippen LogP contribution in [-0.4, -0.2) is 21.0 Å². The molecule has 4 rings (SSSR count). The van der Waals surface area contributed by atoms with Crippen LogP contribution in [-0.2, 0) is 18.1 Å². The van der Waals surface area contributed by atoms with Gasteiger partial charge in [0.1, 0.15) is 17.9 Å². The topological polar surface area (TPSA) is 83.3 Å². The van der Waals surface area contributed by atoms with Crippen molar-refractivity contribution in [1.29, 1.82) is 0 Å². The molecule has 1 aromatic heterocycles. The van der Waals surface area contributed by atoms with Gasteiger partial charge in [0.2, 0.25) is 0 Å². The molecule has 0 saturated carbocycles. The summed E-state index contributed by atoms with van der Waals surface area (Å²) in [5.41, 5.74) is 1.46. The predicted octanol–water partition coefficient (Wildman–Crippen LogP) is 3.19. The van der Waals surface area contributed by atoms with Crippen molar-refractivity contribution in [2.24, 2.45) is 0 Å². The Labute approximate surface area is 166 Å². The van der Waals surface area contributed by atoms with Crippen LogP contribution in [0.2, 0.25) is 0 Å². The number of rotatable bonds is 6. The monoisotopic (exact) mass is 387 g/mol. The first-order chi connectivity index (χ1) is 14.2. The van der Waals surface area contributed by atoms with Crippen molar-refractivity contribution in [3.63, 3.8) is 0 Å². The lowest BCUT2D eigenvalue weighted by atomic mass is 10.2. The van der Waals surface area contributed by atoms with Crippen LogP contribution in [0.1, 0.15) is 15.9 Å². The molecule has 0 amide bonds. The second-order valence-corrected chi connectivity index (χ2v) is 6.27. The van der Waals surface area contributed by atoms with Crippen molar-refractivity contribution >= 4 is 16.9 Å². The summed E-state index contributed by atoms with van der Waals surface area (Å²) in [4.78, 5) is 24.8. The standard InChI is InChI=1S/C22H17N3O4/c26-21-19-11-4-5-12-20(19)23-24-25(21)15-29-22(27)17-9-6-10-18(13-17)28-14-16-7-2-1-3-8-16/h1-13H,14-15H2. The minimum atomic E-state index is -0.586. The SMILES string of the molecule is O=C(OCn1nnc2ccccc2c1=O)c1cccc(OCc2ccccc2)c1. The van der Waals surface area contributed by atoms with Crippen LogP contribution in [0.25, 0.3) is 10.9 Å². The highest BCUT2D eigenvalue weighted by molar-refractivity contribution is 5.89. The van der Waals surface area contributed by atoms with E-state index in [1.54, 1.807) is 48.5 Å². The zero-order valence-electron chi connectivity index (χ0n) is 15.4. The van der Waals surface area contributed by atoms with E-state index >= 15 is 0 Å². The van der Waals surface area contributed by atoms with Gasteiger partial charge in [0.25, 0.3) is 5.56 Å². The van der Waals surface area contributed by atoms with E-state index in [-0.39, 0.29) is 12.3 Å². The molecule has 0 bridgehead atoms. The third-order valence-corrected chi connectivity index (χ3v) is 4.27. The minimum Gasteiger partial charge on any atom is -0.489 e. The molecule has 3 aromatic carbocycles. The predicted molar refractivity (Wildman–Crippen MR) is 106 cm³/mol. The van der Waals surface area contributed by atoms with Gasteiger partial charge in [-0.15, -0.1) is 5.10 Å². The van der Waals surface area contributed by atoms with Gasteiger partial charge in [0.05, 0.1) is 10.9 Å². The smallest absolute Gasteiger partial charge is 0.340 e. The molecule has 0 unspecified atom stereocenters. The van der Waals surface area contributed by atoms with Crippen molar-refractivity contribution in [3.05, 3.63) is 100 Å². The van der Waals surface area contributed by atoms with E-state index in [9.17, 15) is 9.59 Å². The molecule has 0 fully saturated rings. The van der Waals surface area contributed by atoms with Crippen LogP contribution in [0.5, 0.6) is 5.75 Å². The first-order valence-electron chi connectivity index (χ1n) is 8.97. The van der Waals surface area contributed by atoms with Crippen molar-refractivity contribution in [1.82, 2.24) is 15.0 Å². The maximum atomic E-state index is 12.4. The van der Waals surface area contributed by atoms with Gasteiger partial charge in [-0.3, -0.25) is 4.79 Å². The third kappa shape index (κ3) is 4.30. The van der Waals surface area contributed by atoms with E-state index in [0.29, 0.717) is 28.8 Å². The molecule has 144 valence electrons. The quantitative estimate of drug-likeness (QED) is 0.473. The molecule has 0 aliphatic carbocycles. The van der Waals surface area contributed by atoms with E-state index in [0.717, 1.165) is 10.2 Å². The van der Waals surface area contributed by atoms with E-state index in [4.69, 9.17) is 9.47 Å². The molecule has 1 heterocycles. The second-order valence-electron chi connectivity index (χ2n) is 6.27. The average Bonchev–Trinajstić information content (AvgIpc) is 2.78. The number of esters is 1. The van der Waals surface area contributed by atoms with E-state index in [1.165, 1.54) is 0 Å². The van der Waals surface area contributed by atoms with Crippen LogP contribution in [0.15, 0.2) is 83.7 Å². The molecule has 0 atom stereocenters. The highest BCUT2D eigenvalue weighted by atomic mass is 16.5. The fourth-order valence-electron chi connectivity index (χ4n) is 2.76. The Balaban J connectivity index is 1.42. The minimum absolute atomic E-state index is 0.317. The zero-order chi connectivity index (χ0) is 20.1. The Bertz CT molecular complexity index is 1210. The maximum absolute atomic E-state index is 12.4. The van der Waals surface area contributed by atoms with Crippen molar-refractivity contribution in [3.8, 4) is 5.75 Å². The Hall–Kier alpha value is -4.00. The van der Waals surface area contributed by atoms with Gasteiger partial charge in [-0.2, -0.15) is 4.68 Å². The molecular formula is C22H17N3O4. The highest BCUT2D eigenvalue weighted by Gasteiger charge is 2.11. The van der Waals surface area contributed by atoms with E-state index in [2.05, 4.69) is 10.3 Å². The van der Waals surface area contributed by atoms with Crippen molar-refractivity contribution in [2.75, 3.05) is 0 Å². The van der Waals surface area contributed by atoms with Crippen molar-refractivity contribution < 1.29 is 14.3 Å². The summed E-state index contributed by atoms with van der Waals surface area (Å²) in [6, 6.07) is 23.3. The molecule has 0 radical (unpaired) electrons. The molecule has 7 heteroatoms. The summed E-state index contributed by atoms with van der Waals surface area (Å²) in [5, 5.41) is 8.18. The Morgan fingerprint density at radius 3 is 2.59 bits per heavy atom. The molecule has 0 aliphatic rings. The number of fused-ring (bicyclic) bond motifs is 1. The number of aromatic nitrogens is 3. The lowest BCUT2D eigenvalue weighted by Crippen LogP contribution is -2.26. The summed E-state index contributed by atoms with van der Waals surface area (Å²) >= 11 is 0. The van der Waals surface area contributed by atoms with Gasteiger partial charge in [0.15, 0.2) is 6.73 Å². The van der Waals surface area contributed by atoms with Crippen molar-refractivity contribution in [2.45, 2.75) is 13.3 Å². The fraction of sp³-hybridized carbons (Fsp3) is 0.0909. The highest BCUT2D eigenvalue weighted by Crippen LogP contribution is 2.16. The molecule has 29 heavy (non-hydrogen) atoms. The lowest BCUT2D eigenvalue weighted by Gasteiger charge is -2.09. The van der Waals surface area contributed by atoms with Crippen LogP contribution < -0.4 is 10.3 Å². The van der Waals surface area contributed by atoms with Gasteiger partial charge >= 0.3 is 5.97 Å². The Morgan fingerprint density at radius 2 is 1.72 bits per heavy atom. The van der Waals surface area contributed by atoms with Gasteiger partial charge < -0.3 is 9.47 Å². The van der Waals surface area contributed by atoms with E-state index < -0.39 is 5.97 Å². The number of ether oxygens (including phenoxy) is 2. The normalized spacial score (nSPS) is 10.6. The first-order valence-corrected chi connectivity index (χ1v) is 8.97. The number of carbonyl (C=O) groups is 1. The number of nitrogens with zero attached hydrogens (tertiary/aromatic N) is 3. The molecular weight excluding hydrogens is 370 g/mol. The summed E-state index contributed by atoms with van der Waals surface area (Å²) in [7, 11) is 0. The summed E-state index contributed by atoms with van der Waals surface area (Å²) in [6.45, 7) is 0.0615. The lowest BCUT2D eigenvalue weighted by molar-refractivity contribution is 0.0335. The summed E-state index contributed by atoms with van der Waals surface area (Å²) in [6.07, 6.45) is 0. The number of hydrogen-bond acceptors (Lipinski definition) is 6. The summed E-state index contributed by atoms with van der Waals surface area (Å²) in [5.74, 6) is -0.0389. The van der Waals surface area contributed by atoms with Crippen LogP contribution in [0, 0.1) is 0 Å². The zero-order valence-corrected chi connectivity index (χ0v) is 15.4. The van der Waals surface area contributed by atoms with Crippen LogP contribution >= 0.6 is 0 Å². The molecule has 0 saturated heterocycles. The second kappa shape index (κ2) is 8.35. The fourth-order valence-corrected chi connectivity index (χ4v) is 2.76. The van der Waals surface area contributed by atoms with Crippen LogP contribution in [0.4, 0.5) is 0 Å². The maximum Gasteiger partial charge on any atom is 0.340 e. The van der Waals surface area contributed by atoms with Crippen LogP contribution in [0.3, 0.4) is 0 Å². The molecule has 0 aliphatic heterocycles. The molecule has 0 N–H and O–H groups in total. The largest absolute Gasteiger partial charge is 0.489 e. The number of carbonyl (C=O) groups excluding carboxylic acids is 1. The molecule has 0 spiro atoms. The first kappa shape index (κ1) is 18.4. The number of benzene rings is 3. The Morgan fingerprint density at radius 1 is 0.931 bits per heavy atom. The molecule has 7 nitrogen and oxygen atoms in total. The average molecular weight is 387 g/mol. The van der Waals surface area contributed by atoms with Gasteiger partial charge in [-0.05, 0) is 35.9 Å². The molecule has 4 aromatic rings. The summed E-state index contributed by atoms with van der Waals surface area (Å²) < 4.78 is 12.0. The van der Waals surface area contributed by atoms with Gasteiger partial charge in [0, 0.05) is 0 Å². The third-order valence-electron chi connectivity index (χ3n) is 4.27. The Kier molecular flexibility index (Phi) is 5.29. The van der Waals surface area contributed by atoms with Gasteiger partial charge in [-0.1, -0.05) is 53.7 Å².